The summed E-state index contributed by atoms with van der Waals surface area (Å²) in [6.45, 7) is 6.78. The van der Waals surface area contributed by atoms with Gasteiger partial charge in [0, 0.05) is 55.2 Å². The first-order chi connectivity index (χ1) is 18.5. The molecule has 202 valence electrons. The number of likely N-dealkylation sites (tertiary alicyclic amines) is 1. The van der Waals surface area contributed by atoms with E-state index in [-0.39, 0.29) is 21.9 Å². The van der Waals surface area contributed by atoms with Crippen LogP contribution in [-0.4, -0.2) is 75.2 Å². The fourth-order valence-corrected chi connectivity index (χ4v) is 6.81. The quantitative estimate of drug-likeness (QED) is 0.320. The highest BCUT2D eigenvalue weighted by Gasteiger charge is 2.31. The van der Waals surface area contributed by atoms with Crippen LogP contribution in [0.2, 0.25) is 0 Å². The lowest BCUT2D eigenvalue weighted by Crippen LogP contribution is -2.43. The summed E-state index contributed by atoms with van der Waals surface area (Å²) >= 11 is 1.31. The molecule has 39 heavy (non-hydrogen) atoms. The van der Waals surface area contributed by atoms with Crippen LogP contribution in [0.15, 0.2) is 46.6 Å². The molecule has 5 aromatic heterocycles. The Kier molecular flexibility index (Phi) is 6.04. The number of nitrogens with zero attached hydrogens (tertiary/aromatic N) is 5. The van der Waals surface area contributed by atoms with Crippen LogP contribution in [0.1, 0.15) is 37.0 Å². The molecule has 6 rings (SSSR count). The molecule has 1 amide bonds. The van der Waals surface area contributed by atoms with Gasteiger partial charge in [0.15, 0.2) is 9.84 Å². The highest BCUT2D eigenvalue weighted by atomic mass is 32.2. The molecule has 0 radical (unpaired) electrons. The summed E-state index contributed by atoms with van der Waals surface area (Å²) in [6.07, 6.45) is 9.55. The molecule has 6 heterocycles. The number of fused-ring (bicyclic) bond motifs is 5. The average Bonchev–Trinajstić information content (AvgIpc) is 3.55. The molecule has 13 heteroatoms. The van der Waals surface area contributed by atoms with E-state index in [1.165, 1.54) is 23.7 Å². The summed E-state index contributed by atoms with van der Waals surface area (Å²) < 4.78 is 25.5. The summed E-state index contributed by atoms with van der Waals surface area (Å²) in [6, 6.07) is 3.18. The Bertz CT molecular complexity index is 1940. The lowest BCUT2D eigenvalue weighted by molar-refractivity contribution is 0.0940. The highest BCUT2D eigenvalue weighted by molar-refractivity contribution is 7.90. The molecule has 0 aliphatic carbocycles. The number of rotatable bonds is 6. The molecule has 0 aromatic carbocycles. The monoisotopic (exact) mass is 565 g/mol. The van der Waals surface area contributed by atoms with Crippen molar-refractivity contribution in [3.63, 3.8) is 0 Å². The van der Waals surface area contributed by atoms with Crippen molar-refractivity contribution in [1.82, 2.24) is 34.8 Å². The smallest absolute Gasteiger partial charge is 0.261 e. The van der Waals surface area contributed by atoms with Crippen LogP contribution in [-0.2, 0) is 9.84 Å². The zero-order chi connectivity index (χ0) is 27.5. The van der Waals surface area contributed by atoms with Gasteiger partial charge in [0.05, 0.1) is 20.9 Å². The number of H-pyrrole nitrogens is 1. The van der Waals surface area contributed by atoms with Gasteiger partial charge in [-0.15, -0.1) is 11.3 Å². The van der Waals surface area contributed by atoms with Gasteiger partial charge in [-0.2, -0.15) is 5.10 Å². The summed E-state index contributed by atoms with van der Waals surface area (Å²) in [5.74, 6) is -0.247. The number of carbonyl (C=O) groups is 1. The maximum Gasteiger partial charge on any atom is 0.261 e. The van der Waals surface area contributed by atoms with Gasteiger partial charge in [-0.3, -0.25) is 24.5 Å². The van der Waals surface area contributed by atoms with Crippen LogP contribution in [0.25, 0.3) is 37.2 Å². The molecule has 0 spiro atoms. The van der Waals surface area contributed by atoms with Crippen molar-refractivity contribution in [1.29, 1.82) is 0 Å². The minimum Gasteiger partial charge on any atom is -0.351 e. The van der Waals surface area contributed by atoms with Gasteiger partial charge >= 0.3 is 0 Å². The van der Waals surface area contributed by atoms with Crippen molar-refractivity contribution < 1.29 is 13.2 Å². The molecule has 0 saturated carbocycles. The van der Waals surface area contributed by atoms with Crippen molar-refractivity contribution in [3.05, 3.63) is 52.8 Å². The molecule has 0 atom stereocenters. The average molecular weight is 566 g/mol. The number of hydrogen-bond acceptors (Lipinski definition) is 9. The first-order valence-electron chi connectivity index (χ1n) is 12.5. The number of nitrogens with one attached hydrogen (secondary N) is 2. The van der Waals surface area contributed by atoms with Gasteiger partial charge in [-0.05, 0) is 45.4 Å². The zero-order valence-corrected chi connectivity index (χ0v) is 23.3. The number of thiazole rings is 1. The fourth-order valence-electron chi connectivity index (χ4n) is 5.15. The molecule has 1 fully saturated rings. The van der Waals surface area contributed by atoms with Crippen LogP contribution in [0.4, 0.5) is 0 Å². The Hall–Kier alpha value is -3.68. The lowest BCUT2D eigenvalue weighted by Gasteiger charge is -2.31. The Morgan fingerprint density at radius 3 is 2.77 bits per heavy atom. The van der Waals surface area contributed by atoms with Crippen molar-refractivity contribution in [3.8, 4) is 10.4 Å². The second kappa shape index (κ2) is 9.21. The van der Waals surface area contributed by atoms with Crippen LogP contribution in [0, 0.1) is 0 Å². The van der Waals surface area contributed by atoms with Gasteiger partial charge in [-0.1, -0.05) is 0 Å². The van der Waals surface area contributed by atoms with E-state index >= 15 is 0 Å². The molecule has 1 saturated heterocycles. The second-order valence-electron chi connectivity index (χ2n) is 10.5. The van der Waals surface area contributed by atoms with E-state index in [1.54, 1.807) is 29.0 Å². The molecule has 11 nitrogen and oxygen atoms in total. The molecule has 1 aliphatic rings. The number of sulfone groups is 1. The van der Waals surface area contributed by atoms with Crippen molar-refractivity contribution in [2.45, 2.75) is 37.1 Å². The van der Waals surface area contributed by atoms with Crippen molar-refractivity contribution in [2.24, 2.45) is 0 Å². The first-order valence-corrected chi connectivity index (χ1v) is 15.2. The van der Waals surface area contributed by atoms with Crippen molar-refractivity contribution in [2.75, 3.05) is 25.9 Å². The summed E-state index contributed by atoms with van der Waals surface area (Å²) in [5.41, 5.74) is 2.11. The van der Waals surface area contributed by atoms with Gasteiger partial charge in [-0.25, -0.2) is 12.9 Å². The first kappa shape index (κ1) is 25.6. The minimum atomic E-state index is -3.41. The number of pyridine rings is 3. The van der Waals surface area contributed by atoms with Gasteiger partial charge < -0.3 is 10.3 Å². The predicted molar refractivity (Wildman–Crippen MR) is 150 cm³/mol. The van der Waals surface area contributed by atoms with E-state index in [0.29, 0.717) is 49.3 Å². The van der Waals surface area contributed by atoms with Crippen LogP contribution >= 0.6 is 11.3 Å². The topological polar surface area (TPSA) is 142 Å². The third-order valence-electron chi connectivity index (χ3n) is 7.33. The summed E-state index contributed by atoms with van der Waals surface area (Å²) in [4.78, 5) is 41.1. The third-order valence-corrected chi connectivity index (χ3v) is 9.55. The Morgan fingerprint density at radius 1 is 1.21 bits per heavy atom. The number of amides is 1. The summed E-state index contributed by atoms with van der Waals surface area (Å²) in [5, 5.41) is 7.94. The Morgan fingerprint density at radius 2 is 2.03 bits per heavy atom. The maximum atomic E-state index is 13.1. The van der Waals surface area contributed by atoms with E-state index in [0.717, 1.165) is 32.2 Å². The molecular weight excluding hydrogens is 538 g/mol. The predicted octanol–water partition coefficient (Wildman–Crippen LogP) is 2.86. The molecular formula is C26H27N7O4S2. The maximum absolute atomic E-state index is 13.1. The molecule has 1 aliphatic heterocycles. The van der Waals surface area contributed by atoms with E-state index < -0.39 is 9.84 Å². The largest absolute Gasteiger partial charge is 0.351 e. The third kappa shape index (κ3) is 4.60. The standard InChI is InChI=1S/C26H27N7O4S2/c1-26(2)5-4-7-32(26)8-6-28-23(34)16-10-18-21(29-12-16)22-20(24(35)30-18)25-33(31-22)14-19(38-25)15-9-17(13-27-11-15)39(3,36)37/h9-14H,4-8H2,1-3H3,(H,28,34)(H,30,35). The highest BCUT2D eigenvalue weighted by Crippen LogP contribution is 2.33. The Labute approximate surface area is 227 Å². The molecule has 0 unspecified atom stereocenters. The fraction of sp³-hybridized carbons (Fsp3) is 0.346. The van der Waals surface area contributed by atoms with Crippen LogP contribution in [0.5, 0.6) is 0 Å². The van der Waals surface area contributed by atoms with Crippen molar-refractivity contribution >= 4 is 53.8 Å². The molecule has 2 N–H and O–H groups in total. The lowest BCUT2D eigenvalue weighted by atomic mass is 10.0. The SMILES string of the molecule is CC1(C)CCCN1CCNC(=O)c1cnc2c(c1)[nH]c(=O)c1c2nn2cc(-c3cncc(S(C)(=O)=O)c3)sc12. The van der Waals surface area contributed by atoms with Gasteiger partial charge in [0.1, 0.15) is 21.3 Å². The van der Waals surface area contributed by atoms with E-state index in [2.05, 4.69) is 44.1 Å². The van der Waals surface area contributed by atoms with Crippen LogP contribution in [0.3, 0.4) is 0 Å². The Balaban J connectivity index is 1.30. The normalized spacial score (nSPS) is 16.0. The number of aromatic amines is 1. The van der Waals surface area contributed by atoms with Gasteiger partial charge in [0.2, 0.25) is 0 Å². The van der Waals surface area contributed by atoms with E-state index in [1.807, 2.05) is 0 Å². The van der Waals surface area contributed by atoms with Gasteiger partial charge in [0.25, 0.3) is 11.5 Å². The zero-order valence-electron chi connectivity index (χ0n) is 21.7. The second-order valence-corrected chi connectivity index (χ2v) is 13.5. The summed E-state index contributed by atoms with van der Waals surface area (Å²) in [7, 11) is -3.41. The number of aromatic nitrogens is 5. The molecule has 5 aromatic rings. The number of hydrogen-bond donors (Lipinski definition) is 2. The van der Waals surface area contributed by atoms with E-state index in [4.69, 9.17) is 0 Å². The number of carbonyl (C=O) groups excluding carboxylic acids is 1. The van der Waals surface area contributed by atoms with Crippen LogP contribution < -0.4 is 10.9 Å². The molecule has 0 bridgehead atoms. The minimum absolute atomic E-state index is 0.115. The van der Waals surface area contributed by atoms with E-state index in [9.17, 15) is 18.0 Å².